The average Bonchev–Trinajstić information content (AvgIpc) is 2.76. The minimum Gasteiger partial charge on any atom is -0.378 e. The topological polar surface area (TPSA) is 45.7 Å². The number of nitrogens with one attached hydrogen (secondary N) is 1. The van der Waals surface area contributed by atoms with Crippen LogP contribution in [0.25, 0.3) is 5.65 Å². The molecule has 5 nitrogen and oxygen atoms in total. The second kappa shape index (κ2) is 3.92. The highest BCUT2D eigenvalue weighted by atomic mass is 16.5. The Kier molecular flexibility index (Phi) is 2.41. The molecule has 3 rings (SSSR count). The van der Waals surface area contributed by atoms with Gasteiger partial charge in [0.1, 0.15) is 5.76 Å². The van der Waals surface area contributed by atoms with E-state index in [1.165, 1.54) is 0 Å². The lowest BCUT2D eigenvalue weighted by Crippen LogP contribution is -2.42. The quantitative estimate of drug-likeness (QED) is 0.807. The average molecular weight is 220 g/mol. The molecule has 3 heterocycles. The van der Waals surface area contributed by atoms with E-state index in [1.54, 1.807) is 4.57 Å². The summed E-state index contributed by atoms with van der Waals surface area (Å²) in [7, 11) is 0. The number of imidazole rings is 1. The third-order valence-corrected chi connectivity index (χ3v) is 2.92. The molecular weight excluding hydrogens is 204 g/mol. The van der Waals surface area contributed by atoms with Crippen molar-refractivity contribution in [2.75, 3.05) is 26.2 Å². The van der Waals surface area contributed by atoms with Crippen LogP contribution < -0.4 is 5.32 Å². The number of nitrogens with zero attached hydrogens (tertiary/aromatic N) is 3. The molecule has 1 aliphatic heterocycles. The van der Waals surface area contributed by atoms with Crippen LogP contribution in [0.1, 0.15) is 11.5 Å². The molecule has 1 N–H and O–H groups in total. The smallest absolute Gasteiger partial charge is 0.172 e. The van der Waals surface area contributed by atoms with E-state index >= 15 is 0 Å². The molecule has 0 unspecified atom stereocenters. The predicted molar refractivity (Wildman–Crippen MR) is 60.3 cm³/mol. The summed E-state index contributed by atoms with van der Waals surface area (Å²) in [6, 6.07) is 1.96. The van der Waals surface area contributed by atoms with Crippen LogP contribution in [0.5, 0.6) is 0 Å². The highest BCUT2D eigenvalue weighted by Crippen LogP contribution is 2.11. The van der Waals surface area contributed by atoms with E-state index in [4.69, 9.17) is 4.52 Å². The Balaban J connectivity index is 1.75. The molecule has 0 radical (unpaired) electrons. The summed E-state index contributed by atoms with van der Waals surface area (Å²) < 4.78 is 7.20. The minimum absolute atomic E-state index is 0.899. The molecule has 1 saturated heterocycles. The van der Waals surface area contributed by atoms with Gasteiger partial charge in [-0.1, -0.05) is 0 Å². The molecule has 0 atom stereocenters. The molecular formula is C11H16N4O. The number of piperazine rings is 1. The Morgan fingerprint density at radius 2 is 2.25 bits per heavy atom. The van der Waals surface area contributed by atoms with Gasteiger partial charge in [0, 0.05) is 38.8 Å². The van der Waals surface area contributed by atoms with Gasteiger partial charge in [0.05, 0.1) is 11.9 Å². The first-order valence-corrected chi connectivity index (χ1v) is 5.69. The summed E-state index contributed by atoms with van der Waals surface area (Å²) in [6.45, 7) is 7.19. The fourth-order valence-corrected chi connectivity index (χ4v) is 2.13. The Labute approximate surface area is 94.0 Å². The zero-order chi connectivity index (χ0) is 11.0. The van der Waals surface area contributed by atoms with E-state index in [0.717, 1.165) is 49.8 Å². The highest BCUT2D eigenvalue weighted by Gasteiger charge is 2.12. The molecule has 0 spiro atoms. The summed E-state index contributed by atoms with van der Waals surface area (Å²) in [6.07, 6.45) is 1.98. The van der Waals surface area contributed by atoms with Gasteiger partial charge in [0.25, 0.3) is 0 Å². The van der Waals surface area contributed by atoms with Crippen LogP contribution in [0, 0.1) is 6.92 Å². The number of hydrogen-bond donors (Lipinski definition) is 1. The van der Waals surface area contributed by atoms with Crippen molar-refractivity contribution >= 4 is 5.65 Å². The van der Waals surface area contributed by atoms with E-state index in [-0.39, 0.29) is 0 Å². The molecule has 1 fully saturated rings. The van der Waals surface area contributed by atoms with Crippen LogP contribution in [0.15, 0.2) is 16.8 Å². The van der Waals surface area contributed by atoms with Gasteiger partial charge in [0.2, 0.25) is 0 Å². The molecule has 2 aromatic heterocycles. The van der Waals surface area contributed by atoms with Crippen molar-refractivity contribution in [1.82, 2.24) is 19.8 Å². The second-order valence-electron chi connectivity index (χ2n) is 4.29. The predicted octanol–water partition coefficient (Wildman–Crippen LogP) is 0.641. The molecule has 2 aromatic rings. The first kappa shape index (κ1) is 9.86. The van der Waals surface area contributed by atoms with E-state index < -0.39 is 0 Å². The van der Waals surface area contributed by atoms with Gasteiger partial charge in [-0.25, -0.2) is 4.98 Å². The lowest BCUT2D eigenvalue weighted by Gasteiger charge is -2.26. The summed E-state index contributed by atoms with van der Waals surface area (Å²) >= 11 is 0. The maximum atomic E-state index is 5.46. The van der Waals surface area contributed by atoms with Gasteiger partial charge in [-0.2, -0.15) is 4.57 Å². The molecule has 86 valence electrons. The van der Waals surface area contributed by atoms with Crippen molar-refractivity contribution in [3.63, 3.8) is 0 Å². The number of hydrogen-bond acceptors (Lipinski definition) is 4. The van der Waals surface area contributed by atoms with E-state index in [9.17, 15) is 0 Å². The van der Waals surface area contributed by atoms with Crippen molar-refractivity contribution in [3.05, 3.63) is 23.7 Å². The molecule has 5 heteroatoms. The van der Waals surface area contributed by atoms with Gasteiger partial charge in [0.15, 0.2) is 5.65 Å². The summed E-state index contributed by atoms with van der Waals surface area (Å²) in [5.74, 6) is 0.899. The summed E-state index contributed by atoms with van der Waals surface area (Å²) in [4.78, 5) is 6.94. The van der Waals surface area contributed by atoms with Crippen molar-refractivity contribution in [2.24, 2.45) is 0 Å². The fourth-order valence-electron chi connectivity index (χ4n) is 2.13. The largest absolute Gasteiger partial charge is 0.378 e. The fraction of sp³-hybridized carbons (Fsp3) is 0.545. The Morgan fingerprint density at radius 1 is 1.44 bits per heavy atom. The van der Waals surface area contributed by atoms with Crippen LogP contribution >= 0.6 is 0 Å². The molecule has 0 amide bonds. The maximum Gasteiger partial charge on any atom is 0.172 e. The monoisotopic (exact) mass is 220 g/mol. The second-order valence-corrected chi connectivity index (χ2v) is 4.29. The lowest BCUT2D eigenvalue weighted by atomic mass is 10.3. The first-order valence-electron chi connectivity index (χ1n) is 5.69. The van der Waals surface area contributed by atoms with Gasteiger partial charge >= 0.3 is 0 Å². The highest BCUT2D eigenvalue weighted by molar-refractivity contribution is 5.38. The number of rotatable bonds is 2. The molecule has 16 heavy (non-hydrogen) atoms. The molecule has 0 aromatic carbocycles. The van der Waals surface area contributed by atoms with Crippen molar-refractivity contribution in [1.29, 1.82) is 0 Å². The molecule has 0 bridgehead atoms. The molecule has 1 aliphatic rings. The standard InChI is InChI=1S/C11H16N4O/c1-9-6-11-13-10(8-15(11)16-9)7-14-4-2-12-3-5-14/h6,8,12H,2-5,7H2,1H3. The SMILES string of the molecule is Cc1cc2nc(CN3CCNCC3)cn2o1. The van der Waals surface area contributed by atoms with Crippen molar-refractivity contribution < 1.29 is 4.52 Å². The number of aromatic nitrogens is 2. The van der Waals surface area contributed by atoms with Crippen LogP contribution in [0.3, 0.4) is 0 Å². The maximum absolute atomic E-state index is 5.46. The minimum atomic E-state index is 0.899. The third-order valence-electron chi connectivity index (χ3n) is 2.92. The van der Waals surface area contributed by atoms with E-state index in [1.807, 2.05) is 19.2 Å². The van der Waals surface area contributed by atoms with Crippen LogP contribution in [0.2, 0.25) is 0 Å². The number of fused-ring (bicyclic) bond motifs is 1. The zero-order valence-corrected chi connectivity index (χ0v) is 9.44. The van der Waals surface area contributed by atoms with E-state index in [0.29, 0.717) is 0 Å². The lowest BCUT2D eigenvalue weighted by molar-refractivity contribution is 0.230. The summed E-state index contributed by atoms with van der Waals surface area (Å²) in [5.41, 5.74) is 1.99. The Morgan fingerprint density at radius 3 is 3.00 bits per heavy atom. The van der Waals surface area contributed by atoms with Crippen LogP contribution in [0.4, 0.5) is 0 Å². The normalized spacial score (nSPS) is 18.3. The molecule has 0 aliphatic carbocycles. The first-order chi connectivity index (χ1) is 7.81. The summed E-state index contributed by atoms with van der Waals surface area (Å²) in [5, 5.41) is 3.34. The van der Waals surface area contributed by atoms with Gasteiger partial charge in [-0.3, -0.25) is 4.90 Å². The van der Waals surface area contributed by atoms with Crippen molar-refractivity contribution in [2.45, 2.75) is 13.5 Å². The molecule has 0 saturated carbocycles. The zero-order valence-electron chi connectivity index (χ0n) is 9.44. The third kappa shape index (κ3) is 1.83. The van der Waals surface area contributed by atoms with Gasteiger partial charge < -0.3 is 9.84 Å². The Hall–Kier alpha value is -1.33. The van der Waals surface area contributed by atoms with E-state index in [2.05, 4.69) is 15.2 Å². The van der Waals surface area contributed by atoms with Crippen LogP contribution in [-0.2, 0) is 6.54 Å². The van der Waals surface area contributed by atoms with Crippen molar-refractivity contribution in [3.8, 4) is 0 Å². The van der Waals surface area contributed by atoms with Gasteiger partial charge in [-0.05, 0) is 6.92 Å². The Bertz CT molecular complexity index is 450. The van der Waals surface area contributed by atoms with Gasteiger partial charge in [-0.15, -0.1) is 0 Å². The number of aryl methyl sites for hydroxylation is 1. The van der Waals surface area contributed by atoms with Crippen LogP contribution in [-0.4, -0.2) is 40.6 Å².